The van der Waals surface area contributed by atoms with Gasteiger partial charge in [-0.3, -0.25) is 9.56 Å². The predicted octanol–water partition coefficient (Wildman–Crippen LogP) is 3.15. The standard InChI is InChI=1S/C20H30N6/c1-15(2)16-9-11-17(12-10-16)24-20(21-3)22-13-19-25-23-14-26(19)18-7-5-4-6-8-18/h4-8,14-17H,9-13H2,1-3H3,(H2,21,22,24). The summed E-state index contributed by atoms with van der Waals surface area (Å²) >= 11 is 0. The zero-order chi connectivity index (χ0) is 18.4. The third-order valence-corrected chi connectivity index (χ3v) is 5.35. The van der Waals surface area contributed by atoms with Gasteiger partial charge < -0.3 is 10.6 Å². The van der Waals surface area contributed by atoms with E-state index in [4.69, 9.17) is 0 Å². The number of nitrogens with zero attached hydrogens (tertiary/aromatic N) is 4. The topological polar surface area (TPSA) is 67.1 Å². The summed E-state index contributed by atoms with van der Waals surface area (Å²) in [4.78, 5) is 4.38. The number of benzene rings is 1. The number of para-hydroxylation sites is 1. The van der Waals surface area contributed by atoms with Crippen molar-refractivity contribution >= 4 is 5.96 Å². The number of rotatable bonds is 5. The lowest BCUT2D eigenvalue weighted by Crippen LogP contribution is -2.45. The largest absolute Gasteiger partial charge is 0.354 e. The number of nitrogens with one attached hydrogen (secondary N) is 2. The smallest absolute Gasteiger partial charge is 0.191 e. The maximum absolute atomic E-state index is 4.38. The first-order valence-corrected chi connectivity index (χ1v) is 9.59. The van der Waals surface area contributed by atoms with Crippen LogP contribution in [0, 0.1) is 11.8 Å². The second-order valence-corrected chi connectivity index (χ2v) is 7.38. The Bertz CT molecular complexity index is 698. The minimum Gasteiger partial charge on any atom is -0.354 e. The van der Waals surface area contributed by atoms with Crippen molar-refractivity contribution in [2.75, 3.05) is 7.05 Å². The molecule has 2 aromatic rings. The lowest BCUT2D eigenvalue weighted by molar-refractivity contribution is 0.250. The van der Waals surface area contributed by atoms with Crippen molar-refractivity contribution in [3.05, 3.63) is 42.5 Å². The molecule has 1 saturated carbocycles. The summed E-state index contributed by atoms with van der Waals surface area (Å²) < 4.78 is 1.99. The Balaban J connectivity index is 1.54. The average Bonchev–Trinajstić information content (AvgIpc) is 3.14. The highest BCUT2D eigenvalue weighted by Crippen LogP contribution is 2.29. The van der Waals surface area contributed by atoms with Gasteiger partial charge in [0.1, 0.15) is 6.33 Å². The van der Waals surface area contributed by atoms with Gasteiger partial charge in [0.05, 0.1) is 6.54 Å². The fourth-order valence-electron chi connectivity index (χ4n) is 3.66. The van der Waals surface area contributed by atoms with E-state index in [-0.39, 0.29) is 0 Å². The third kappa shape index (κ3) is 4.62. The van der Waals surface area contributed by atoms with Gasteiger partial charge in [0.2, 0.25) is 0 Å². The predicted molar refractivity (Wildman–Crippen MR) is 105 cm³/mol. The van der Waals surface area contributed by atoms with Crippen LogP contribution in [0.5, 0.6) is 0 Å². The number of guanidine groups is 1. The summed E-state index contributed by atoms with van der Waals surface area (Å²) in [6.45, 7) is 5.25. The van der Waals surface area contributed by atoms with Gasteiger partial charge in [0.25, 0.3) is 0 Å². The van der Waals surface area contributed by atoms with Crippen LogP contribution >= 0.6 is 0 Å². The lowest BCUT2D eigenvalue weighted by atomic mass is 9.80. The molecule has 26 heavy (non-hydrogen) atoms. The minimum absolute atomic E-state index is 0.503. The van der Waals surface area contributed by atoms with Crippen molar-refractivity contribution in [1.29, 1.82) is 0 Å². The third-order valence-electron chi connectivity index (χ3n) is 5.35. The van der Waals surface area contributed by atoms with Crippen LogP contribution in [0.3, 0.4) is 0 Å². The van der Waals surface area contributed by atoms with E-state index in [0.29, 0.717) is 12.6 Å². The molecule has 1 heterocycles. The fraction of sp³-hybridized carbons (Fsp3) is 0.550. The van der Waals surface area contributed by atoms with Crippen molar-refractivity contribution in [3.8, 4) is 5.69 Å². The van der Waals surface area contributed by atoms with Crippen LogP contribution in [0.25, 0.3) is 5.69 Å². The van der Waals surface area contributed by atoms with E-state index in [2.05, 4.69) is 39.7 Å². The monoisotopic (exact) mass is 354 g/mol. The Hall–Kier alpha value is -2.37. The molecule has 1 aliphatic carbocycles. The molecule has 6 nitrogen and oxygen atoms in total. The fourth-order valence-corrected chi connectivity index (χ4v) is 3.66. The second-order valence-electron chi connectivity index (χ2n) is 7.38. The SMILES string of the molecule is CN=C(NCc1nncn1-c1ccccc1)NC1CCC(C(C)C)CC1. The van der Waals surface area contributed by atoms with Crippen molar-refractivity contribution in [3.63, 3.8) is 0 Å². The molecule has 0 aliphatic heterocycles. The first-order valence-electron chi connectivity index (χ1n) is 9.59. The summed E-state index contributed by atoms with van der Waals surface area (Å²) in [6, 6.07) is 10.6. The molecular formula is C20H30N6. The van der Waals surface area contributed by atoms with Gasteiger partial charge in [-0.25, -0.2) is 0 Å². The Labute approximate surface area is 156 Å². The molecule has 140 valence electrons. The molecule has 0 amide bonds. The van der Waals surface area contributed by atoms with Crippen LogP contribution in [-0.4, -0.2) is 33.8 Å². The average molecular weight is 355 g/mol. The van der Waals surface area contributed by atoms with Crippen molar-refractivity contribution in [1.82, 2.24) is 25.4 Å². The molecule has 0 unspecified atom stereocenters. The highest BCUT2D eigenvalue weighted by atomic mass is 15.3. The van der Waals surface area contributed by atoms with Crippen molar-refractivity contribution < 1.29 is 0 Å². The van der Waals surface area contributed by atoms with Gasteiger partial charge in [-0.2, -0.15) is 0 Å². The van der Waals surface area contributed by atoms with Crippen molar-refractivity contribution in [2.24, 2.45) is 16.8 Å². The summed E-state index contributed by atoms with van der Waals surface area (Å²) in [5, 5.41) is 15.2. The Morgan fingerprint density at radius 2 is 1.92 bits per heavy atom. The van der Waals surface area contributed by atoms with Gasteiger partial charge >= 0.3 is 0 Å². The first kappa shape index (κ1) is 18.4. The van der Waals surface area contributed by atoms with Crippen LogP contribution in [0.15, 0.2) is 41.7 Å². The van der Waals surface area contributed by atoms with Crippen molar-refractivity contribution in [2.45, 2.75) is 52.1 Å². The molecule has 1 aliphatic rings. The van der Waals surface area contributed by atoms with E-state index in [1.165, 1.54) is 25.7 Å². The van der Waals surface area contributed by atoms with E-state index in [9.17, 15) is 0 Å². The zero-order valence-electron chi connectivity index (χ0n) is 16.0. The second kappa shape index (κ2) is 8.83. The minimum atomic E-state index is 0.503. The van der Waals surface area contributed by atoms with Crippen LogP contribution in [0.2, 0.25) is 0 Å². The lowest BCUT2D eigenvalue weighted by Gasteiger charge is -2.32. The molecule has 2 N–H and O–H groups in total. The van der Waals surface area contributed by atoms with Gasteiger partial charge in [-0.05, 0) is 49.7 Å². The summed E-state index contributed by atoms with van der Waals surface area (Å²) in [5.74, 6) is 3.36. The van der Waals surface area contributed by atoms with E-state index in [1.54, 1.807) is 6.33 Å². The normalized spacial score (nSPS) is 21.0. The molecule has 6 heteroatoms. The van der Waals surface area contributed by atoms with Crippen LogP contribution in [0.1, 0.15) is 45.4 Å². The molecular weight excluding hydrogens is 324 g/mol. The molecule has 3 rings (SSSR count). The maximum Gasteiger partial charge on any atom is 0.191 e. The zero-order valence-corrected chi connectivity index (χ0v) is 16.0. The summed E-state index contributed by atoms with van der Waals surface area (Å²) in [6.07, 6.45) is 6.77. The number of hydrogen-bond acceptors (Lipinski definition) is 3. The van der Waals surface area contributed by atoms with Gasteiger partial charge in [0.15, 0.2) is 11.8 Å². The molecule has 0 atom stereocenters. The summed E-state index contributed by atoms with van der Waals surface area (Å²) in [5.41, 5.74) is 1.06. The Morgan fingerprint density at radius 1 is 1.19 bits per heavy atom. The highest BCUT2D eigenvalue weighted by Gasteiger charge is 2.23. The maximum atomic E-state index is 4.38. The highest BCUT2D eigenvalue weighted by molar-refractivity contribution is 5.79. The van der Waals surface area contributed by atoms with Gasteiger partial charge in [0, 0.05) is 18.8 Å². The quantitative estimate of drug-likeness (QED) is 0.639. The van der Waals surface area contributed by atoms with E-state index < -0.39 is 0 Å². The Kier molecular flexibility index (Phi) is 6.26. The van der Waals surface area contributed by atoms with E-state index in [1.807, 2.05) is 41.9 Å². The molecule has 0 radical (unpaired) electrons. The van der Waals surface area contributed by atoms with Crippen LogP contribution < -0.4 is 10.6 Å². The van der Waals surface area contributed by atoms with Gasteiger partial charge in [-0.1, -0.05) is 32.0 Å². The first-order chi connectivity index (χ1) is 12.7. The van der Waals surface area contributed by atoms with Gasteiger partial charge in [-0.15, -0.1) is 10.2 Å². The molecule has 0 saturated heterocycles. The molecule has 0 bridgehead atoms. The molecule has 0 spiro atoms. The molecule has 1 fully saturated rings. The number of aromatic nitrogens is 3. The Morgan fingerprint density at radius 3 is 2.58 bits per heavy atom. The number of hydrogen-bond donors (Lipinski definition) is 2. The summed E-state index contributed by atoms with van der Waals surface area (Å²) in [7, 11) is 1.82. The molecule has 1 aromatic heterocycles. The number of aliphatic imine (C=N–C) groups is 1. The van der Waals surface area contributed by atoms with E-state index >= 15 is 0 Å². The van der Waals surface area contributed by atoms with Crippen LogP contribution in [-0.2, 0) is 6.54 Å². The molecule has 1 aromatic carbocycles. The van der Waals surface area contributed by atoms with Crippen LogP contribution in [0.4, 0.5) is 0 Å². The van der Waals surface area contributed by atoms with E-state index in [0.717, 1.165) is 29.3 Å².